The van der Waals surface area contributed by atoms with E-state index in [4.69, 9.17) is 16.7 Å². The number of nitrogens with zero attached hydrogens (tertiary/aromatic N) is 2. The van der Waals surface area contributed by atoms with E-state index < -0.39 is 10.0 Å². The molecule has 28 heavy (non-hydrogen) atoms. The fourth-order valence-corrected chi connectivity index (χ4v) is 3.75. The molecule has 9 heteroatoms. The zero-order chi connectivity index (χ0) is 20.1. The molecule has 3 rings (SSSR count). The Hall–Kier alpha value is -2.13. The van der Waals surface area contributed by atoms with E-state index in [1.165, 1.54) is 29.8 Å². The molecule has 1 aliphatic heterocycles. The van der Waals surface area contributed by atoms with E-state index in [0.29, 0.717) is 18.8 Å². The van der Waals surface area contributed by atoms with E-state index in [0.717, 1.165) is 31.1 Å². The van der Waals surface area contributed by atoms with Gasteiger partial charge in [-0.15, -0.1) is 0 Å². The van der Waals surface area contributed by atoms with Crippen LogP contribution in [0, 0.1) is 0 Å². The average molecular weight is 423 g/mol. The number of sulfonamides is 1. The van der Waals surface area contributed by atoms with Gasteiger partial charge >= 0.3 is 6.03 Å². The molecule has 0 atom stereocenters. The van der Waals surface area contributed by atoms with Crippen molar-refractivity contribution in [2.75, 3.05) is 31.5 Å². The molecule has 150 valence electrons. The van der Waals surface area contributed by atoms with E-state index in [-0.39, 0.29) is 10.9 Å². The summed E-state index contributed by atoms with van der Waals surface area (Å²) in [5.74, 6) is 0. The fourth-order valence-electron chi connectivity index (χ4n) is 3.11. The normalized spacial score (nSPS) is 15.9. The minimum atomic E-state index is -3.74. The number of halogens is 1. The molecule has 3 N–H and O–H groups in total. The highest BCUT2D eigenvalue weighted by Gasteiger charge is 2.19. The summed E-state index contributed by atoms with van der Waals surface area (Å²) >= 11 is 5.93. The molecule has 0 saturated carbocycles. The second-order valence-corrected chi connectivity index (χ2v) is 8.74. The molecule has 1 saturated heterocycles. The highest BCUT2D eigenvalue weighted by Crippen LogP contribution is 2.15. The van der Waals surface area contributed by atoms with E-state index >= 15 is 0 Å². The number of amides is 2. The first-order chi connectivity index (χ1) is 13.3. The number of carbonyl (C=O) groups excluding carboxylic acids is 1. The molecule has 2 amide bonds. The molecule has 2 aromatic carbocycles. The largest absolute Gasteiger partial charge is 0.323 e. The van der Waals surface area contributed by atoms with Crippen LogP contribution in [0.1, 0.15) is 12.0 Å². The van der Waals surface area contributed by atoms with Crippen molar-refractivity contribution in [3.8, 4) is 0 Å². The number of hydrogen-bond acceptors (Lipinski definition) is 4. The second kappa shape index (κ2) is 8.91. The van der Waals surface area contributed by atoms with Crippen molar-refractivity contribution in [1.29, 1.82) is 0 Å². The van der Waals surface area contributed by atoms with Crippen LogP contribution in [-0.2, 0) is 16.6 Å². The Morgan fingerprint density at radius 2 is 1.68 bits per heavy atom. The average Bonchev–Trinajstić information content (AvgIpc) is 2.89. The summed E-state index contributed by atoms with van der Waals surface area (Å²) in [5, 5.41) is 8.61. The van der Waals surface area contributed by atoms with Gasteiger partial charge in [0.1, 0.15) is 0 Å². The Kier molecular flexibility index (Phi) is 6.56. The van der Waals surface area contributed by atoms with Crippen molar-refractivity contribution < 1.29 is 13.2 Å². The van der Waals surface area contributed by atoms with Crippen LogP contribution < -0.4 is 10.5 Å². The Balaban J connectivity index is 1.54. The van der Waals surface area contributed by atoms with Gasteiger partial charge in [0.2, 0.25) is 10.0 Å². The number of urea groups is 1. The number of anilines is 1. The lowest BCUT2D eigenvalue weighted by molar-refractivity contribution is 0.211. The summed E-state index contributed by atoms with van der Waals surface area (Å²) in [6.45, 7) is 3.80. The molecule has 0 bridgehead atoms. The van der Waals surface area contributed by atoms with Gasteiger partial charge in [-0.1, -0.05) is 23.7 Å². The molecule has 1 fully saturated rings. The van der Waals surface area contributed by atoms with Crippen molar-refractivity contribution in [2.24, 2.45) is 5.14 Å². The smallest absolute Gasteiger partial charge is 0.321 e. The molecule has 0 unspecified atom stereocenters. The third-order valence-corrected chi connectivity index (χ3v) is 5.81. The van der Waals surface area contributed by atoms with Crippen LogP contribution in [0.4, 0.5) is 10.5 Å². The first-order valence-corrected chi connectivity index (χ1v) is 10.9. The number of benzene rings is 2. The molecule has 7 nitrogen and oxygen atoms in total. The summed E-state index contributed by atoms with van der Waals surface area (Å²) in [7, 11) is -3.74. The SMILES string of the molecule is NS(=O)(=O)c1ccc(NC(=O)N2CCCN(Cc3ccc(Cl)cc3)CC2)cc1. The standard InChI is InChI=1S/C19H23ClN4O3S/c20-16-4-2-15(3-5-16)14-23-10-1-11-24(13-12-23)19(25)22-17-6-8-18(9-7-17)28(21,26)27/h2-9H,1,10-14H2,(H,22,25)(H2,21,26,27). The van der Waals surface area contributed by atoms with E-state index in [1.54, 1.807) is 4.90 Å². The lowest BCUT2D eigenvalue weighted by Crippen LogP contribution is -2.38. The van der Waals surface area contributed by atoms with Crippen LogP contribution in [0.5, 0.6) is 0 Å². The summed E-state index contributed by atoms with van der Waals surface area (Å²) in [6, 6.07) is 13.4. The van der Waals surface area contributed by atoms with Gasteiger partial charge < -0.3 is 10.2 Å². The first kappa shape index (κ1) is 20.6. The fraction of sp³-hybridized carbons (Fsp3) is 0.316. The number of nitrogens with two attached hydrogens (primary N) is 1. The van der Waals surface area contributed by atoms with Crippen molar-refractivity contribution in [3.63, 3.8) is 0 Å². The lowest BCUT2D eigenvalue weighted by Gasteiger charge is -2.22. The number of rotatable bonds is 4. The summed E-state index contributed by atoms with van der Waals surface area (Å²) in [6.07, 6.45) is 0.880. The van der Waals surface area contributed by atoms with Gasteiger partial charge in [0.15, 0.2) is 0 Å². The topological polar surface area (TPSA) is 95.7 Å². The van der Waals surface area contributed by atoms with E-state index in [2.05, 4.69) is 10.2 Å². The molecule has 0 spiro atoms. The summed E-state index contributed by atoms with van der Waals surface area (Å²) in [4.78, 5) is 16.6. The molecule has 0 aliphatic carbocycles. The molecule has 2 aromatic rings. The molecular weight excluding hydrogens is 400 g/mol. The maximum absolute atomic E-state index is 12.5. The number of nitrogens with one attached hydrogen (secondary N) is 1. The number of carbonyl (C=O) groups is 1. The maximum Gasteiger partial charge on any atom is 0.321 e. The van der Waals surface area contributed by atoms with Crippen LogP contribution in [-0.4, -0.2) is 50.4 Å². The predicted molar refractivity (Wildman–Crippen MR) is 110 cm³/mol. The van der Waals surface area contributed by atoms with Gasteiger partial charge in [0.05, 0.1) is 4.90 Å². The lowest BCUT2D eigenvalue weighted by atomic mass is 10.2. The molecule has 1 aliphatic rings. The summed E-state index contributed by atoms with van der Waals surface area (Å²) < 4.78 is 22.6. The Morgan fingerprint density at radius 1 is 1.00 bits per heavy atom. The minimum Gasteiger partial charge on any atom is -0.323 e. The summed E-state index contributed by atoms with van der Waals surface area (Å²) in [5.41, 5.74) is 1.72. The van der Waals surface area contributed by atoms with Gasteiger partial charge in [-0.05, 0) is 48.4 Å². The zero-order valence-corrected chi connectivity index (χ0v) is 16.9. The Morgan fingerprint density at radius 3 is 2.32 bits per heavy atom. The van der Waals surface area contributed by atoms with Gasteiger partial charge in [-0.25, -0.2) is 18.4 Å². The monoisotopic (exact) mass is 422 g/mol. The minimum absolute atomic E-state index is 0.0121. The van der Waals surface area contributed by atoms with Crippen LogP contribution in [0.3, 0.4) is 0 Å². The van der Waals surface area contributed by atoms with Crippen LogP contribution in [0.2, 0.25) is 5.02 Å². The van der Waals surface area contributed by atoms with E-state index in [9.17, 15) is 13.2 Å². The number of hydrogen-bond donors (Lipinski definition) is 2. The zero-order valence-electron chi connectivity index (χ0n) is 15.3. The molecular formula is C19H23ClN4O3S. The van der Waals surface area contributed by atoms with Gasteiger partial charge in [-0.2, -0.15) is 0 Å². The van der Waals surface area contributed by atoms with Gasteiger partial charge in [-0.3, -0.25) is 4.90 Å². The molecule has 0 aromatic heterocycles. The maximum atomic E-state index is 12.5. The van der Waals surface area contributed by atoms with Crippen LogP contribution in [0.25, 0.3) is 0 Å². The highest BCUT2D eigenvalue weighted by molar-refractivity contribution is 7.89. The van der Waals surface area contributed by atoms with Crippen LogP contribution >= 0.6 is 11.6 Å². The quantitative estimate of drug-likeness (QED) is 0.791. The van der Waals surface area contributed by atoms with Gasteiger partial charge in [0.25, 0.3) is 0 Å². The van der Waals surface area contributed by atoms with E-state index in [1.807, 2.05) is 24.3 Å². The second-order valence-electron chi connectivity index (χ2n) is 6.74. The molecule has 0 radical (unpaired) electrons. The van der Waals surface area contributed by atoms with Crippen LogP contribution in [0.15, 0.2) is 53.4 Å². The highest BCUT2D eigenvalue weighted by atomic mass is 35.5. The first-order valence-electron chi connectivity index (χ1n) is 8.97. The van der Waals surface area contributed by atoms with Crippen molar-refractivity contribution in [1.82, 2.24) is 9.80 Å². The van der Waals surface area contributed by atoms with Crippen molar-refractivity contribution >= 4 is 33.3 Å². The third-order valence-electron chi connectivity index (χ3n) is 4.63. The predicted octanol–water partition coefficient (Wildman–Crippen LogP) is 2.73. The van der Waals surface area contributed by atoms with Crippen molar-refractivity contribution in [2.45, 2.75) is 17.9 Å². The van der Waals surface area contributed by atoms with Crippen molar-refractivity contribution in [3.05, 3.63) is 59.1 Å². The number of primary sulfonamides is 1. The Bertz CT molecular complexity index is 917. The third kappa shape index (κ3) is 5.68. The van der Waals surface area contributed by atoms with Gasteiger partial charge in [0, 0.05) is 43.4 Å². The Labute approximate surface area is 170 Å². The molecule has 1 heterocycles.